The maximum Gasteiger partial charge on any atom is 0.404 e. The van der Waals surface area contributed by atoms with Crippen molar-refractivity contribution in [2.45, 2.75) is 13.5 Å². The van der Waals surface area contributed by atoms with E-state index in [4.69, 9.17) is 15.6 Å². The molecule has 0 saturated carbocycles. The summed E-state index contributed by atoms with van der Waals surface area (Å²) in [4.78, 5) is 10.5. The molecule has 0 unspecified atom stereocenters. The van der Waals surface area contributed by atoms with Crippen LogP contribution in [0.3, 0.4) is 0 Å². The van der Waals surface area contributed by atoms with Crippen molar-refractivity contribution in [3.8, 4) is 11.5 Å². The van der Waals surface area contributed by atoms with Crippen molar-refractivity contribution in [1.82, 2.24) is 5.32 Å². The number of aryl methyl sites for hydroxylation is 1. The van der Waals surface area contributed by atoms with E-state index in [1.807, 2.05) is 0 Å². The Morgan fingerprint density at radius 1 is 1.29 bits per heavy atom. The maximum absolute atomic E-state index is 13.2. The number of carbonyl (C=O) groups is 1. The highest BCUT2D eigenvalue weighted by Crippen LogP contribution is 2.26. The number of halogens is 1. The van der Waals surface area contributed by atoms with E-state index in [0.29, 0.717) is 28.3 Å². The first-order valence-electron chi connectivity index (χ1n) is 6.25. The van der Waals surface area contributed by atoms with E-state index in [9.17, 15) is 9.18 Å². The molecule has 0 heterocycles. The van der Waals surface area contributed by atoms with Crippen molar-refractivity contribution in [1.29, 1.82) is 0 Å². The highest BCUT2D eigenvalue weighted by atomic mass is 19.1. The molecular weight excluding hydrogens is 275 g/mol. The van der Waals surface area contributed by atoms with Gasteiger partial charge in [0.15, 0.2) is 0 Å². The first-order valence-corrected chi connectivity index (χ1v) is 6.25. The lowest BCUT2D eigenvalue weighted by molar-refractivity contribution is 0.194. The molecule has 0 radical (unpaired) electrons. The summed E-state index contributed by atoms with van der Waals surface area (Å²) in [6, 6.07) is 9.37. The SMILES string of the molecule is Cc1cc(Oc2ccc(N)c(CNC(=O)O)c2)ccc1F. The number of hydrogen-bond acceptors (Lipinski definition) is 3. The summed E-state index contributed by atoms with van der Waals surface area (Å²) in [6.07, 6.45) is -1.13. The topological polar surface area (TPSA) is 84.6 Å². The summed E-state index contributed by atoms with van der Waals surface area (Å²) in [5, 5.41) is 10.8. The zero-order valence-corrected chi connectivity index (χ0v) is 11.4. The molecule has 0 aliphatic carbocycles. The monoisotopic (exact) mass is 290 g/mol. The lowest BCUT2D eigenvalue weighted by atomic mass is 10.1. The molecule has 0 fully saturated rings. The zero-order chi connectivity index (χ0) is 15.4. The van der Waals surface area contributed by atoms with E-state index in [0.717, 1.165) is 0 Å². The minimum atomic E-state index is -1.13. The molecule has 0 bridgehead atoms. The van der Waals surface area contributed by atoms with Crippen molar-refractivity contribution >= 4 is 11.8 Å². The van der Waals surface area contributed by atoms with Crippen molar-refractivity contribution in [2.24, 2.45) is 0 Å². The summed E-state index contributed by atoms with van der Waals surface area (Å²) < 4.78 is 18.8. The van der Waals surface area contributed by atoms with Gasteiger partial charge in [-0.3, -0.25) is 0 Å². The van der Waals surface area contributed by atoms with Crippen molar-refractivity contribution in [3.05, 3.63) is 53.3 Å². The normalized spacial score (nSPS) is 10.2. The summed E-state index contributed by atoms with van der Waals surface area (Å²) in [5.74, 6) is 0.694. The number of benzene rings is 2. The fraction of sp³-hybridized carbons (Fsp3) is 0.133. The predicted molar refractivity (Wildman–Crippen MR) is 76.9 cm³/mol. The maximum atomic E-state index is 13.2. The molecule has 2 aromatic rings. The highest BCUT2D eigenvalue weighted by Gasteiger charge is 2.06. The first kappa shape index (κ1) is 14.6. The molecule has 6 heteroatoms. The average Bonchev–Trinajstić information content (AvgIpc) is 2.43. The Balaban J connectivity index is 2.18. The van der Waals surface area contributed by atoms with Crippen molar-refractivity contribution in [2.75, 3.05) is 5.73 Å². The number of ether oxygens (including phenoxy) is 1. The third-order valence-corrected chi connectivity index (χ3v) is 2.91. The molecule has 2 aromatic carbocycles. The number of nitrogen functional groups attached to an aromatic ring is 1. The van der Waals surface area contributed by atoms with Gasteiger partial charge < -0.3 is 20.9 Å². The zero-order valence-electron chi connectivity index (χ0n) is 11.4. The van der Waals surface area contributed by atoms with Gasteiger partial charge >= 0.3 is 6.09 Å². The lowest BCUT2D eigenvalue weighted by Gasteiger charge is -2.11. The minimum Gasteiger partial charge on any atom is -0.465 e. The molecule has 0 aromatic heterocycles. The van der Waals surface area contributed by atoms with Crippen LogP contribution in [0.4, 0.5) is 14.9 Å². The fourth-order valence-electron chi connectivity index (χ4n) is 1.79. The van der Waals surface area contributed by atoms with Crippen LogP contribution in [-0.2, 0) is 6.54 Å². The van der Waals surface area contributed by atoms with Crippen molar-refractivity contribution < 1.29 is 19.0 Å². The fourth-order valence-corrected chi connectivity index (χ4v) is 1.79. The molecule has 0 aliphatic heterocycles. The second kappa shape index (κ2) is 6.13. The number of amides is 1. The van der Waals surface area contributed by atoms with Gasteiger partial charge in [0.05, 0.1) is 0 Å². The van der Waals surface area contributed by atoms with Crippen LogP contribution < -0.4 is 15.8 Å². The summed E-state index contributed by atoms with van der Waals surface area (Å²) in [7, 11) is 0. The Hall–Kier alpha value is -2.76. The second-order valence-corrected chi connectivity index (χ2v) is 4.53. The molecular formula is C15H15FN2O3. The van der Waals surface area contributed by atoms with Crippen LogP contribution in [-0.4, -0.2) is 11.2 Å². The number of anilines is 1. The Bertz CT molecular complexity index is 674. The largest absolute Gasteiger partial charge is 0.465 e. The molecule has 5 nitrogen and oxygen atoms in total. The van der Waals surface area contributed by atoms with Gasteiger partial charge in [-0.2, -0.15) is 0 Å². The van der Waals surface area contributed by atoms with Crippen LogP contribution in [0.2, 0.25) is 0 Å². The van der Waals surface area contributed by atoms with Crippen LogP contribution in [0, 0.1) is 12.7 Å². The molecule has 0 saturated heterocycles. The predicted octanol–water partition coefficient (Wildman–Crippen LogP) is 3.28. The minimum absolute atomic E-state index is 0.0841. The number of hydrogen-bond donors (Lipinski definition) is 3. The number of nitrogens with one attached hydrogen (secondary N) is 1. The quantitative estimate of drug-likeness (QED) is 0.754. The number of nitrogens with two attached hydrogens (primary N) is 1. The van der Waals surface area contributed by atoms with Crippen LogP contribution >= 0.6 is 0 Å². The Morgan fingerprint density at radius 2 is 1.95 bits per heavy atom. The van der Waals surface area contributed by atoms with E-state index >= 15 is 0 Å². The van der Waals surface area contributed by atoms with E-state index < -0.39 is 6.09 Å². The van der Waals surface area contributed by atoms with E-state index in [2.05, 4.69) is 5.32 Å². The van der Waals surface area contributed by atoms with Crippen molar-refractivity contribution in [3.63, 3.8) is 0 Å². The molecule has 0 atom stereocenters. The molecule has 4 N–H and O–H groups in total. The van der Waals surface area contributed by atoms with E-state index in [1.165, 1.54) is 12.1 Å². The number of carboxylic acid groups (broad SMARTS) is 1. The summed E-state index contributed by atoms with van der Waals surface area (Å²) in [6.45, 7) is 1.73. The van der Waals surface area contributed by atoms with Gasteiger partial charge in [-0.25, -0.2) is 9.18 Å². The molecule has 21 heavy (non-hydrogen) atoms. The molecule has 2 rings (SSSR count). The van der Waals surface area contributed by atoms with Gasteiger partial charge in [0.1, 0.15) is 17.3 Å². The first-order chi connectivity index (χ1) is 9.95. The smallest absolute Gasteiger partial charge is 0.404 e. The Labute approximate surface area is 121 Å². The van der Waals surface area contributed by atoms with E-state index in [-0.39, 0.29) is 12.4 Å². The van der Waals surface area contributed by atoms with Crippen LogP contribution in [0.1, 0.15) is 11.1 Å². The molecule has 1 amide bonds. The summed E-state index contributed by atoms with van der Waals surface area (Å²) in [5.41, 5.74) is 7.33. The Kier molecular flexibility index (Phi) is 4.27. The third-order valence-electron chi connectivity index (χ3n) is 2.91. The van der Waals surface area contributed by atoms with Crippen LogP contribution in [0.25, 0.3) is 0 Å². The average molecular weight is 290 g/mol. The van der Waals surface area contributed by atoms with Crippen LogP contribution in [0.15, 0.2) is 36.4 Å². The Morgan fingerprint density at radius 3 is 2.62 bits per heavy atom. The molecule has 0 aliphatic rings. The standard InChI is InChI=1S/C15H15FN2O3/c1-9-6-11(2-4-13(9)16)21-12-3-5-14(17)10(7-12)8-18-15(19)20/h2-7,18H,8,17H2,1H3,(H,19,20). The lowest BCUT2D eigenvalue weighted by Crippen LogP contribution is -2.20. The number of rotatable bonds is 4. The van der Waals surface area contributed by atoms with Crippen LogP contribution in [0.5, 0.6) is 11.5 Å². The van der Waals surface area contributed by atoms with Gasteiger partial charge in [0.2, 0.25) is 0 Å². The second-order valence-electron chi connectivity index (χ2n) is 4.53. The van der Waals surface area contributed by atoms with Gasteiger partial charge in [-0.05, 0) is 54.4 Å². The van der Waals surface area contributed by atoms with Gasteiger partial charge in [0, 0.05) is 12.2 Å². The highest BCUT2D eigenvalue weighted by molar-refractivity contribution is 5.65. The summed E-state index contributed by atoms with van der Waals surface area (Å²) >= 11 is 0. The molecule has 110 valence electrons. The van der Waals surface area contributed by atoms with E-state index in [1.54, 1.807) is 31.2 Å². The van der Waals surface area contributed by atoms with Gasteiger partial charge in [-0.1, -0.05) is 0 Å². The third kappa shape index (κ3) is 3.85. The molecule has 0 spiro atoms. The van der Waals surface area contributed by atoms with Gasteiger partial charge in [-0.15, -0.1) is 0 Å². The van der Waals surface area contributed by atoms with Gasteiger partial charge in [0.25, 0.3) is 0 Å².